The summed E-state index contributed by atoms with van der Waals surface area (Å²) in [6.07, 6.45) is 7.14. The quantitative estimate of drug-likeness (QED) is 0.816. The highest BCUT2D eigenvalue weighted by atomic mass is 32.2. The summed E-state index contributed by atoms with van der Waals surface area (Å²) in [4.78, 5) is 0. The van der Waals surface area contributed by atoms with E-state index in [1.54, 1.807) is 0 Å². The van der Waals surface area contributed by atoms with Crippen LogP contribution >= 0.6 is 11.9 Å². The Balaban J connectivity index is 1.58. The predicted octanol–water partition coefficient (Wildman–Crippen LogP) is 3.43. The third-order valence-corrected chi connectivity index (χ3v) is 5.46. The summed E-state index contributed by atoms with van der Waals surface area (Å²) in [5, 5.41) is 9.29. The number of aliphatic hydroxyl groups excluding tert-OH is 1. The molecule has 0 unspecified atom stereocenters. The van der Waals surface area contributed by atoms with Crippen LogP contribution in [-0.2, 0) is 6.61 Å². The summed E-state index contributed by atoms with van der Waals surface area (Å²) in [5.41, 5.74) is 2.31. The first-order valence-corrected chi connectivity index (χ1v) is 9.14. The number of hydrogen-bond donors (Lipinski definition) is 1. The molecule has 2 aliphatic rings. The molecule has 3 rings (SSSR count). The minimum absolute atomic E-state index is 0.118. The van der Waals surface area contributed by atoms with E-state index in [1.807, 2.05) is 18.0 Å². The Kier molecular flexibility index (Phi) is 5.09. The van der Waals surface area contributed by atoms with Gasteiger partial charge < -0.3 is 9.84 Å². The summed E-state index contributed by atoms with van der Waals surface area (Å²) in [5.74, 6) is 2.38. The molecule has 1 saturated carbocycles. The standard InChI is InChI=1S/C17H25NO2S/c1-21-18-8-6-13(7-9-18)12-20-17-5-2-14(11-19)10-16(17)15-3-4-15/h2,5,10,13,15,19H,3-4,6-9,11-12H2,1H3. The maximum Gasteiger partial charge on any atom is 0.122 e. The third kappa shape index (κ3) is 3.93. The van der Waals surface area contributed by atoms with E-state index < -0.39 is 0 Å². The Hall–Kier alpha value is -0.710. The van der Waals surface area contributed by atoms with Crippen LogP contribution in [0.15, 0.2) is 18.2 Å². The van der Waals surface area contributed by atoms with Crippen molar-refractivity contribution in [1.29, 1.82) is 0 Å². The summed E-state index contributed by atoms with van der Waals surface area (Å²) in [6.45, 7) is 3.30. The average Bonchev–Trinajstić information content (AvgIpc) is 3.38. The van der Waals surface area contributed by atoms with Gasteiger partial charge in [-0.25, -0.2) is 0 Å². The second-order valence-corrected chi connectivity index (χ2v) is 7.05. The molecular formula is C17H25NO2S. The smallest absolute Gasteiger partial charge is 0.122 e. The van der Waals surface area contributed by atoms with Gasteiger partial charge in [0.1, 0.15) is 5.75 Å². The molecule has 4 heteroatoms. The first-order chi connectivity index (χ1) is 10.3. The third-order valence-electron chi connectivity index (χ3n) is 4.58. The Labute approximate surface area is 131 Å². The molecule has 1 aliphatic heterocycles. The second-order valence-electron chi connectivity index (χ2n) is 6.17. The van der Waals surface area contributed by atoms with Crippen LogP contribution in [0.3, 0.4) is 0 Å². The maximum atomic E-state index is 9.29. The zero-order valence-corrected chi connectivity index (χ0v) is 13.6. The highest BCUT2D eigenvalue weighted by Gasteiger charge is 2.27. The van der Waals surface area contributed by atoms with Crippen LogP contribution in [0.1, 0.15) is 42.7 Å². The number of aliphatic hydroxyl groups is 1. The van der Waals surface area contributed by atoms with Crippen LogP contribution in [0, 0.1) is 5.92 Å². The Morgan fingerprint density at radius 2 is 2.00 bits per heavy atom. The molecule has 1 heterocycles. The van der Waals surface area contributed by atoms with Crippen LogP contribution in [0.25, 0.3) is 0 Å². The molecule has 0 amide bonds. The molecule has 0 aromatic heterocycles. The lowest BCUT2D eigenvalue weighted by Gasteiger charge is -2.30. The topological polar surface area (TPSA) is 32.7 Å². The predicted molar refractivity (Wildman–Crippen MR) is 87.6 cm³/mol. The van der Waals surface area contributed by atoms with Crippen molar-refractivity contribution < 1.29 is 9.84 Å². The van der Waals surface area contributed by atoms with Gasteiger partial charge in [0.25, 0.3) is 0 Å². The monoisotopic (exact) mass is 307 g/mol. The number of nitrogens with zero attached hydrogens (tertiary/aromatic N) is 1. The van der Waals surface area contributed by atoms with E-state index in [2.05, 4.69) is 22.7 Å². The molecule has 1 aromatic carbocycles. The first kappa shape index (κ1) is 15.2. The van der Waals surface area contributed by atoms with Gasteiger partial charge in [-0.2, -0.15) is 0 Å². The van der Waals surface area contributed by atoms with Crippen molar-refractivity contribution in [3.63, 3.8) is 0 Å². The van der Waals surface area contributed by atoms with Crippen LogP contribution < -0.4 is 4.74 Å². The summed E-state index contributed by atoms with van der Waals surface area (Å²) < 4.78 is 8.57. The first-order valence-electron chi connectivity index (χ1n) is 7.95. The fourth-order valence-electron chi connectivity index (χ4n) is 3.01. The Bertz CT molecular complexity index is 468. The van der Waals surface area contributed by atoms with Gasteiger partial charge in [-0.1, -0.05) is 18.0 Å². The van der Waals surface area contributed by atoms with Crippen LogP contribution in [-0.4, -0.2) is 35.4 Å². The summed E-state index contributed by atoms with van der Waals surface area (Å²) in [7, 11) is 0. The lowest BCUT2D eigenvalue weighted by molar-refractivity contribution is 0.189. The number of hydrogen-bond acceptors (Lipinski definition) is 4. The van der Waals surface area contributed by atoms with E-state index in [9.17, 15) is 5.11 Å². The second kappa shape index (κ2) is 7.03. The molecule has 0 bridgehead atoms. The summed E-state index contributed by atoms with van der Waals surface area (Å²) in [6, 6.07) is 6.16. The van der Waals surface area contributed by atoms with Gasteiger partial charge in [-0.15, -0.1) is 0 Å². The van der Waals surface area contributed by atoms with Gasteiger partial charge in [0.2, 0.25) is 0 Å². The molecule has 0 spiro atoms. The van der Waals surface area contributed by atoms with Gasteiger partial charge >= 0.3 is 0 Å². The van der Waals surface area contributed by atoms with Crippen molar-refractivity contribution in [2.24, 2.45) is 5.92 Å². The van der Waals surface area contributed by atoms with E-state index in [0.717, 1.165) is 17.9 Å². The summed E-state index contributed by atoms with van der Waals surface area (Å²) >= 11 is 1.85. The average molecular weight is 307 g/mol. The van der Waals surface area contributed by atoms with E-state index in [4.69, 9.17) is 4.74 Å². The molecule has 1 aliphatic carbocycles. The fourth-order valence-corrected chi connectivity index (χ4v) is 3.58. The number of ether oxygens (including phenoxy) is 1. The molecular weight excluding hydrogens is 282 g/mol. The van der Waals surface area contributed by atoms with E-state index in [1.165, 1.54) is 44.3 Å². The Morgan fingerprint density at radius 3 is 2.62 bits per heavy atom. The minimum Gasteiger partial charge on any atom is -0.493 e. The van der Waals surface area contributed by atoms with Gasteiger partial charge in [0.15, 0.2) is 0 Å². The van der Waals surface area contributed by atoms with Crippen LogP contribution in [0.2, 0.25) is 0 Å². The van der Waals surface area contributed by atoms with Gasteiger partial charge in [0, 0.05) is 13.1 Å². The van der Waals surface area contributed by atoms with Gasteiger partial charge in [-0.05, 0) is 67.0 Å². The van der Waals surface area contributed by atoms with Gasteiger partial charge in [0.05, 0.1) is 13.2 Å². The lowest BCUT2D eigenvalue weighted by Crippen LogP contribution is -2.30. The van der Waals surface area contributed by atoms with Crippen molar-refractivity contribution >= 4 is 11.9 Å². The molecule has 21 heavy (non-hydrogen) atoms. The molecule has 1 aromatic rings. The normalized spacial score (nSPS) is 20.7. The Morgan fingerprint density at radius 1 is 1.24 bits per heavy atom. The van der Waals surface area contributed by atoms with Crippen LogP contribution in [0.4, 0.5) is 0 Å². The van der Waals surface area contributed by atoms with E-state index in [0.29, 0.717) is 11.8 Å². The lowest BCUT2D eigenvalue weighted by atomic mass is 9.99. The van der Waals surface area contributed by atoms with Crippen LogP contribution in [0.5, 0.6) is 5.75 Å². The highest BCUT2D eigenvalue weighted by molar-refractivity contribution is 7.96. The zero-order valence-electron chi connectivity index (χ0n) is 12.8. The number of piperidine rings is 1. The molecule has 1 saturated heterocycles. The number of benzene rings is 1. The molecule has 1 N–H and O–H groups in total. The van der Waals surface area contributed by atoms with Crippen molar-refractivity contribution in [1.82, 2.24) is 4.31 Å². The fraction of sp³-hybridized carbons (Fsp3) is 0.647. The molecule has 2 fully saturated rings. The molecule has 116 valence electrons. The van der Waals surface area contributed by atoms with Crippen molar-refractivity contribution in [2.75, 3.05) is 26.0 Å². The molecule has 0 radical (unpaired) electrons. The largest absolute Gasteiger partial charge is 0.493 e. The van der Waals surface area contributed by atoms with Crippen molar-refractivity contribution in [3.8, 4) is 5.75 Å². The van der Waals surface area contributed by atoms with Crippen molar-refractivity contribution in [3.05, 3.63) is 29.3 Å². The molecule has 0 atom stereocenters. The van der Waals surface area contributed by atoms with Gasteiger partial charge in [-0.3, -0.25) is 4.31 Å². The van der Waals surface area contributed by atoms with E-state index in [-0.39, 0.29) is 6.61 Å². The van der Waals surface area contributed by atoms with Crippen molar-refractivity contribution in [2.45, 2.75) is 38.2 Å². The number of rotatable bonds is 6. The zero-order chi connectivity index (χ0) is 14.7. The minimum atomic E-state index is 0.118. The van der Waals surface area contributed by atoms with E-state index >= 15 is 0 Å². The molecule has 3 nitrogen and oxygen atoms in total. The highest BCUT2D eigenvalue weighted by Crippen LogP contribution is 2.44. The maximum absolute atomic E-state index is 9.29. The SMILES string of the molecule is CSN1CCC(COc2ccc(CO)cc2C2CC2)CC1.